The maximum Gasteiger partial charge on any atom is 0.347 e. The quantitative estimate of drug-likeness (QED) is 0.782. The molecule has 0 aliphatic carbocycles. The average Bonchev–Trinajstić information content (AvgIpc) is 3.01. The predicted octanol–water partition coefficient (Wildman–Crippen LogP) is 4.85. The summed E-state index contributed by atoms with van der Waals surface area (Å²) in [5.41, 5.74) is 4.61. The van der Waals surface area contributed by atoms with Gasteiger partial charge in [-0.25, -0.2) is 4.79 Å². The summed E-state index contributed by atoms with van der Waals surface area (Å²) >= 11 is 1.28. The van der Waals surface area contributed by atoms with Gasteiger partial charge in [-0.1, -0.05) is 37.7 Å². The van der Waals surface area contributed by atoms with Crippen LogP contribution in [0.15, 0.2) is 47.5 Å². The minimum absolute atomic E-state index is 0.0654. The number of aliphatic imine (C=N–C) groups is 1. The zero-order valence-electron chi connectivity index (χ0n) is 17.4. The average molecular weight is 411 g/mol. The molecule has 1 aliphatic heterocycles. The fourth-order valence-electron chi connectivity index (χ4n) is 3.10. The van der Waals surface area contributed by atoms with Gasteiger partial charge in [0.05, 0.1) is 11.4 Å². The number of carbonyl (C=O) groups excluding carboxylic acids is 2. The molecule has 3 amide bonds. The number of rotatable bonds is 4. The third-order valence-corrected chi connectivity index (χ3v) is 5.57. The number of benzene rings is 2. The van der Waals surface area contributed by atoms with Gasteiger partial charge in [0.2, 0.25) is 5.91 Å². The second-order valence-corrected chi connectivity index (χ2v) is 8.44. The van der Waals surface area contributed by atoms with Crippen LogP contribution in [0.5, 0.6) is 0 Å². The van der Waals surface area contributed by atoms with Gasteiger partial charge in [-0.3, -0.25) is 9.69 Å². The van der Waals surface area contributed by atoms with Crippen LogP contribution in [0.2, 0.25) is 0 Å². The Bertz CT molecular complexity index is 952. The van der Waals surface area contributed by atoms with Gasteiger partial charge < -0.3 is 10.2 Å². The first-order chi connectivity index (χ1) is 13.8. The van der Waals surface area contributed by atoms with E-state index < -0.39 is 6.03 Å². The first kappa shape index (κ1) is 20.9. The number of aryl methyl sites for hydroxylation is 1. The van der Waals surface area contributed by atoms with Crippen LogP contribution in [-0.2, 0) is 4.79 Å². The fraction of sp³-hybridized carbons (Fsp3) is 0.318. The molecule has 2 aromatic carbocycles. The van der Waals surface area contributed by atoms with Crippen molar-refractivity contribution in [1.29, 1.82) is 0 Å². The molecule has 0 unspecified atom stereocenters. The number of nitrogens with one attached hydrogen (secondary N) is 1. The molecule has 29 heavy (non-hydrogen) atoms. The highest BCUT2D eigenvalue weighted by molar-refractivity contribution is 8.15. The van der Waals surface area contributed by atoms with E-state index in [0.717, 1.165) is 22.5 Å². The van der Waals surface area contributed by atoms with Crippen molar-refractivity contribution in [3.8, 4) is 0 Å². The zero-order chi connectivity index (χ0) is 21.1. The molecule has 2 aromatic rings. The van der Waals surface area contributed by atoms with Gasteiger partial charge in [-0.15, -0.1) is 0 Å². The molecular weight excluding hydrogens is 384 g/mol. The van der Waals surface area contributed by atoms with E-state index in [4.69, 9.17) is 0 Å². The minimum Gasteiger partial charge on any atom is -0.378 e. The van der Waals surface area contributed by atoms with E-state index in [1.165, 1.54) is 11.8 Å². The Morgan fingerprint density at radius 2 is 1.86 bits per heavy atom. The van der Waals surface area contributed by atoms with Gasteiger partial charge in [0.25, 0.3) is 0 Å². The fourth-order valence-corrected chi connectivity index (χ4v) is 3.96. The van der Waals surface area contributed by atoms with Crippen molar-refractivity contribution in [2.45, 2.75) is 26.7 Å². The standard InChI is InChI=1S/C22H26N4O2S/c1-14(2)18-11-6-15(3)12-19(18)26-20(27)13-29-22(26)24-21(28)23-16-7-9-17(10-8-16)25(4)5/h6-12,14H,13H2,1-5H3,(H,23,28)/b24-22-. The molecular formula is C22H26N4O2S. The van der Waals surface area contributed by atoms with Gasteiger partial charge in [0.15, 0.2) is 5.17 Å². The lowest BCUT2D eigenvalue weighted by molar-refractivity contribution is -0.115. The van der Waals surface area contributed by atoms with Crippen LogP contribution >= 0.6 is 11.8 Å². The lowest BCUT2D eigenvalue weighted by Gasteiger charge is -2.22. The molecule has 6 nitrogen and oxygen atoms in total. The number of amidine groups is 1. The van der Waals surface area contributed by atoms with Crippen LogP contribution < -0.4 is 15.1 Å². The largest absolute Gasteiger partial charge is 0.378 e. The normalized spacial score (nSPS) is 15.3. The van der Waals surface area contributed by atoms with E-state index in [9.17, 15) is 9.59 Å². The summed E-state index contributed by atoms with van der Waals surface area (Å²) in [6.07, 6.45) is 0. The summed E-state index contributed by atoms with van der Waals surface area (Å²) in [5.74, 6) is 0.452. The molecule has 0 aromatic heterocycles. The van der Waals surface area contributed by atoms with Crippen LogP contribution in [-0.4, -0.2) is 37.0 Å². The second-order valence-electron chi connectivity index (χ2n) is 7.50. The number of thioether (sulfide) groups is 1. The van der Waals surface area contributed by atoms with Crippen molar-refractivity contribution in [3.63, 3.8) is 0 Å². The highest BCUT2D eigenvalue weighted by atomic mass is 32.2. The summed E-state index contributed by atoms with van der Waals surface area (Å²) in [7, 11) is 3.92. The lowest BCUT2D eigenvalue weighted by atomic mass is 9.99. The smallest absolute Gasteiger partial charge is 0.347 e. The maximum absolute atomic E-state index is 12.6. The Balaban J connectivity index is 1.85. The van der Waals surface area contributed by atoms with Gasteiger partial charge in [-0.2, -0.15) is 4.99 Å². The molecule has 0 spiro atoms. The summed E-state index contributed by atoms with van der Waals surface area (Å²) < 4.78 is 0. The van der Waals surface area contributed by atoms with E-state index in [1.807, 2.05) is 68.4 Å². The molecule has 7 heteroatoms. The molecule has 0 saturated carbocycles. The van der Waals surface area contributed by atoms with E-state index in [0.29, 0.717) is 10.9 Å². The van der Waals surface area contributed by atoms with Crippen molar-refractivity contribution in [2.24, 2.45) is 4.99 Å². The second kappa shape index (κ2) is 8.69. The summed E-state index contributed by atoms with van der Waals surface area (Å²) in [5, 5.41) is 3.18. The minimum atomic E-state index is -0.497. The highest BCUT2D eigenvalue weighted by Crippen LogP contribution is 2.34. The number of carbonyl (C=O) groups is 2. The summed E-state index contributed by atoms with van der Waals surface area (Å²) in [4.78, 5) is 32.8. The molecule has 0 bridgehead atoms. The van der Waals surface area contributed by atoms with Gasteiger partial charge >= 0.3 is 6.03 Å². The van der Waals surface area contributed by atoms with Crippen LogP contribution in [0, 0.1) is 6.92 Å². The van der Waals surface area contributed by atoms with Crippen molar-refractivity contribution in [1.82, 2.24) is 0 Å². The Hall–Kier alpha value is -2.80. The number of hydrogen-bond acceptors (Lipinski definition) is 4. The SMILES string of the molecule is Cc1ccc(C(C)C)c(N2C(=O)CS/C2=N\C(=O)Nc2ccc(N(C)C)cc2)c1. The number of nitrogens with zero attached hydrogens (tertiary/aromatic N) is 3. The number of amides is 3. The molecule has 0 radical (unpaired) electrons. The highest BCUT2D eigenvalue weighted by Gasteiger charge is 2.32. The summed E-state index contributed by atoms with van der Waals surface area (Å²) in [6.45, 7) is 6.16. The molecule has 1 aliphatic rings. The first-order valence-corrected chi connectivity index (χ1v) is 10.5. The number of hydrogen-bond donors (Lipinski definition) is 1. The molecule has 0 atom stereocenters. The zero-order valence-corrected chi connectivity index (χ0v) is 18.2. The molecule has 1 saturated heterocycles. The van der Waals surface area contributed by atoms with Crippen molar-refractivity contribution in [2.75, 3.05) is 35.0 Å². The first-order valence-electron chi connectivity index (χ1n) is 9.49. The Morgan fingerprint density at radius 1 is 1.17 bits per heavy atom. The van der Waals surface area contributed by atoms with Crippen molar-refractivity contribution in [3.05, 3.63) is 53.6 Å². The summed E-state index contributed by atoms with van der Waals surface area (Å²) in [6, 6.07) is 13.1. The van der Waals surface area contributed by atoms with Gasteiger partial charge in [0.1, 0.15) is 0 Å². The van der Waals surface area contributed by atoms with E-state index >= 15 is 0 Å². The molecule has 1 N–H and O–H groups in total. The van der Waals surface area contributed by atoms with E-state index in [1.54, 1.807) is 4.90 Å². The van der Waals surface area contributed by atoms with Gasteiger partial charge in [-0.05, 0) is 54.3 Å². The molecule has 1 heterocycles. The Kier molecular flexibility index (Phi) is 6.27. The lowest BCUT2D eigenvalue weighted by Crippen LogP contribution is -2.31. The number of anilines is 3. The Morgan fingerprint density at radius 3 is 2.48 bits per heavy atom. The number of urea groups is 1. The van der Waals surface area contributed by atoms with E-state index in [-0.39, 0.29) is 17.6 Å². The predicted molar refractivity (Wildman–Crippen MR) is 122 cm³/mol. The van der Waals surface area contributed by atoms with Crippen LogP contribution in [0.4, 0.5) is 21.9 Å². The van der Waals surface area contributed by atoms with Crippen LogP contribution in [0.1, 0.15) is 30.9 Å². The van der Waals surface area contributed by atoms with Crippen molar-refractivity contribution >= 4 is 45.9 Å². The van der Waals surface area contributed by atoms with Crippen molar-refractivity contribution < 1.29 is 9.59 Å². The van der Waals surface area contributed by atoms with Crippen LogP contribution in [0.3, 0.4) is 0 Å². The third kappa shape index (κ3) is 4.79. The molecule has 3 rings (SSSR count). The Labute approximate surface area is 176 Å². The van der Waals surface area contributed by atoms with E-state index in [2.05, 4.69) is 24.2 Å². The van der Waals surface area contributed by atoms with Gasteiger partial charge in [0, 0.05) is 25.5 Å². The monoisotopic (exact) mass is 410 g/mol. The maximum atomic E-state index is 12.6. The van der Waals surface area contributed by atoms with Crippen LogP contribution in [0.25, 0.3) is 0 Å². The molecule has 152 valence electrons. The topological polar surface area (TPSA) is 65.0 Å². The third-order valence-electron chi connectivity index (χ3n) is 4.65. The molecule has 1 fully saturated rings.